The van der Waals surface area contributed by atoms with Crippen LogP contribution in [0.5, 0.6) is 0 Å². The lowest BCUT2D eigenvalue weighted by Crippen LogP contribution is -2.03. The summed E-state index contributed by atoms with van der Waals surface area (Å²) in [6, 6.07) is 11.0. The van der Waals surface area contributed by atoms with E-state index in [9.17, 15) is 0 Å². The zero-order chi connectivity index (χ0) is 15.2. The van der Waals surface area contributed by atoms with Crippen molar-refractivity contribution in [3.05, 3.63) is 35.9 Å². The third-order valence-corrected chi connectivity index (χ3v) is 4.16. The Balaban J connectivity index is 2.26. The highest BCUT2D eigenvalue weighted by Crippen LogP contribution is 2.27. The van der Waals surface area contributed by atoms with Crippen molar-refractivity contribution in [2.24, 2.45) is 0 Å². The highest BCUT2D eigenvalue weighted by molar-refractivity contribution is 5.19. The van der Waals surface area contributed by atoms with Gasteiger partial charge in [-0.05, 0) is 37.2 Å². The Bertz CT molecular complexity index is 320. The highest BCUT2D eigenvalue weighted by atomic mass is 16.5. The van der Waals surface area contributed by atoms with Gasteiger partial charge in [0.2, 0.25) is 0 Å². The van der Waals surface area contributed by atoms with Gasteiger partial charge < -0.3 is 4.74 Å². The molecule has 21 heavy (non-hydrogen) atoms. The van der Waals surface area contributed by atoms with Gasteiger partial charge in [-0.2, -0.15) is 0 Å². The molecule has 0 radical (unpaired) electrons. The van der Waals surface area contributed by atoms with Gasteiger partial charge in [0.1, 0.15) is 0 Å². The summed E-state index contributed by atoms with van der Waals surface area (Å²) in [5.74, 6) is 0.719. The summed E-state index contributed by atoms with van der Waals surface area (Å²) in [5, 5.41) is 0. The second-order valence-corrected chi connectivity index (χ2v) is 6.07. The van der Waals surface area contributed by atoms with Crippen molar-refractivity contribution in [2.45, 2.75) is 77.6 Å². The third-order valence-electron chi connectivity index (χ3n) is 4.16. The van der Waals surface area contributed by atoms with E-state index in [1.165, 1.54) is 63.4 Å². The predicted molar refractivity (Wildman–Crippen MR) is 92.9 cm³/mol. The lowest BCUT2D eigenvalue weighted by molar-refractivity contribution is 0.125. The van der Waals surface area contributed by atoms with Gasteiger partial charge in [0.15, 0.2) is 0 Å². The molecule has 0 spiro atoms. The van der Waals surface area contributed by atoms with E-state index >= 15 is 0 Å². The van der Waals surface area contributed by atoms with E-state index in [0.717, 1.165) is 19.1 Å². The zero-order valence-electron chi connectivity index (χ0n) is 14.2. The van der Waals surface area contributed by atoms with Crippen LogP contribution in [0.4, 0.5) is 0 Å². The van der Waals surface area contributed by atoms with Gasteiger partial charge >= 0.3 is 0 Å². The maximum Gasteiger partial charge on any atom is 0.0466 e. The number of unbranched alkanes of at least 4 members (excludes halogenated alkanes) is 4. The first-order chi connectivity index (χ1) is 10.4. The normalized spacial score (nSPS) is 12.5. The molecule has 1 aromatic carbocycles. The molecular weight excluding hydrogens is 256 g/mol. The molecule has 0 saturated heterocycles. The highest BCUT2D eigenvalue weighted by Gasteiger charge is 2.10. The van der Waals surface area contributed by atoms with E-state index in [0.29, 0.717) is 0 Å². The van der Waals surface area contributed by atoms with Crippen LogP contribution in [-0.2, 0) is 4.74 Å². The zero-order valence-corrected chi connectivity index (χ0v) is 14.2. The van der Waals surface area contributed by atoms with Gasteiger partial charge in [0.05, 0.1) is 0 Å². The minimum absolute atomic E-state index is 0.719. The van der Waals surface area contributed by atoms with Gasteiger partial charge in [-0.15, -0.1) is 0 Å². The molecule has 0 amide bonds. The SMILES string of the molecule is CCCCCOCCCC(CCCCC)c1ccccc1. The fraction of sp³-hybridized carbons (Fsp3) is 0.700. The molecular formula is C20H34O. The van der Waals surface area contributed by atoms with Crippen LogP contribution < -0.4 is 0 Å². The molecule has 1 rings (SSSR count). The summed E-state index contributed by atoms with van der Waals surface area (Å²) in [4.78, 5) is 0. The molecule has 0 aromatic heterocycles. The standard InChI is InChI=1S/C20H34O/c1-3-5-8-13-20(19-14-9-7-10-15-19)16-12-18-21-17-11-6-4-2/h7,9-10,14-15,20H,3-6,8,11-13,16-18H2,1-2H3. The van der Waals surface area contributed by atoms with Crippen LogP contribution in [0.2, 0.25) is 0 Å². The molecule has 1 heteroatoms. The summed E-state index contributed by atoms with van der Waals surface area (Å²) in [6.07, 6.45) is 11.6. The molecule has 120 valence electrons. The summed E-state index contributed by atoms with van der Waals surface area (Å²) >= 11 is 0. The average molecular weight is 290 g/mol. The molecule has 0 bridgehead atoms. The Hall–Kier alpha value is -0.820. The summed E-state index contributed by atoms with van der Waals surface area (Å²) < 4.78 is 5.75. The van der Waals surface area contributed by atoms with E-state index in [-0.39, 0.29) is 0 Å². The van der Waals surface area contributed by atoms with Crippen LogP contribution in [0, 0.1) is 0 Å². The van der Waals surface area contributed by atoms with Crippen LogP contribution in [-0.4, -0.2) is 13.2 Å². The smallest absolute Gasteiger partial charge is 0.0466 e. The maximum atomic E-state index is 5.75. The van der Waals surface area contributed by atoms with Crippen LogP contribution >= 0.6 is 0 Å². The minimum atomic E-state index is 0.719. The van der Waals surface area contributed by atoms with E-state index in [2.05, 4.69) is 44.2 Å². The van der Waals surface area contributed by atoms with Gasteiger partial charge in [0.25, 0.3) is 0 Å². The van der Waals surface area contributed by atoms with Crippen molar-refractivity contribution in [1.29, 1.82) is 0 Å². The van der Waals surface area contributed by atoms with Crippen molar-refractivity contribution >= 4 is 0 Å². The van der Waals surface area contributed by atoms with Gasteiger partial charge in [0, 0.05) is 13.2 Å². The van der Waals surface area contributed by atoms with Crippen molar-refractivity contribution in [3.63, 3.8) is 0 Å². The molecule has 0 heterocycles. The molecule has 1 atom stereocenters. The number of rotatable bonds is 13. The molecule has 1 nitrogen and oxygen atoms in total. The average Bonchev–Trinajstić information content (AvgIpc) is 2.53. The largest absolute Gasteiger partial charge is 0.381 e. The second-order valence-electron chi connectivity index (χ2n) is 6.07. The molecule has 0 fully saturated rings. The second kappa shape index (κ2) is 12.9. The summed E-state index contributed by atoms with van der Waals surface area (Å²) in [5.41, 5.74) is 1.51. The molecule has 1 unspecified atom stereocenters. The lowest BCUT2D eigenvalue weighted by Gasteiger charge is -2.17. The van der Waals surface area contributed by atoms with E-state index in [1.807, 2.05) is 0 Å². The van der Waals surface area contributed by atoms with Crippen molar-refractivity contribution in [1.82, 2.24) is 0 Å². The maximum absolute atomic E-state index is 5.75. The first-order valence-electron chi connectivity index (χ1n) is 9.01. The van der Waals surface area contributed by atoms with Crippen LogP contribution in [0.15, 0.2) is 30.3 Å². The van der Waals surface area contributed by atoms with E-state index in [1.54, 1.807) is 0 Å². The predicted octanol–water partition coefficient (Wildman–Crippen LogP) is 6.34. The van der Waals surface area contributed by atoms with E-state index in [4.69, 9.17) is 4.74 Å². The minimum Gasteiger partial charge on any atom is -0.381 e. The number of hydrogen-bond acceptors (Lipinski definition) is 1. The number of ether oxygens (including phenoxy) is 1. The van der Waals surface area contributed by atoms with Crippen LogP contribution in [0.25, 0.3) is 0 Å². The third kappa shape index (κ3) is 8.93. The Kier molecular flexibility index (Phi) is 11.2. The van der Waals surface area contributed by atoms with Gasteiger partial charge in [-0.25, -0.2) is 0 Å². The topological polar surface area (TPSA) is 9.23 Å². The molecule has 0 aliphatic rings. The Labute approximate surface area is 132 Å². The van der Waals surface area contributed by atoms with Crippen molar-refractivity contribution in [3.8, 4) is 0 Å². The molecule has 0 aliphatic carbocycles. The molecule has 0 aliphatic heterocycles. The quantitative estimate of drug-likeness (QED) is 0.385. The fourth-order valence-corrected chi connectivity index (χ4v) is 2.83. The molecule has 1 aromatic rings. The lowest BCUT2D eigenvalue weighted by atomic mass is 9.89. The van der Waals surface area contributed by atoms with Gasteiger partial charge in [-0.1, -0.05) is 76.3 Å². The Morgan fingerprint density at radius 3 is 2.10 bits per heavy atom. The Morgan fingerprint density at radius 2 is 1.38 bits per heavy atom. The first-order valence-corrected chi connectivity index (χ1v) is 9.01. The monoisotopic (exact) mass is 290 g/mol. The van der Waals surface area contributed by atoms with Crippen molar-refractivity contribution in [2.75, 3.05) is 13.2 Å². The number of benzene rings is 1. The van der Waals surface area contributed by atoms with Gasteiger partial charge in [-0.3, -0.25) is 0 Å². The number of hydrogen-bond donors (Lipinski definition) is 0. The Morgan fingerprint density at radius 1 is 0.762 bits per heavy atom. The summed E-state index contributed by atoms with van der Waals surface area (Å²) in [7, 11) is 0. The van der Waals surface area contributed by atoms with Crippen LogP contribution in [0.1, 0.15) is 83.1 Å². The summed E-state index contributed by atoms with van der Waals surface area (Å²) in [6.45, 7) is 6.39. The van der Waals surface area contributed by atoms with Crippen molar-refractivity contribution < 1.29 is 4.74 Å². The van der Waals surface area contributed by atoms with E-state index < -0.39 is 0 Å². The first kappa shape index (κ1) is 18.2. The molecule has 0 N–H and O–H groups in total. The molecule has 0 saturated carbocycles. The fourth-order valence-electron chi connectivity index (χ4n) is 2.83. The van der Waals surface area contributed by atoms with Crippen LogP contribution in [0.3, 0.4) is 0 Å².